The number of amides is 1. The summed E-state index contributed by atoms with van der Waals surface area (Å²) < 4.78 is 0. The lowest BCUT2D eigenvalue weighted by atomic mass is 10.2. The Kier molecular flexibility index (Phi) is 3.29. The van der Waals surface area contributed by atoms with Crippen LogP contribution >= 0.6 is 0 Å². The monoisotopic (exact) mass is 210 g/mol. The number of hydrogen-bond donors (Lipinski definition) is 1. The molecule has 0 radical (unpaired) electrons. The number of hydrogen-bond acceptors (Lipinski definition) is 2. The van der Waals surface area contributed by atoms with Crippen molar-refractivity contribution >= 4 is 5.91 Å². The maximum atomic E-state index is 12.1. The van der Waals surface area contributed by atoms with E-state index in [9.17, 15) is 4.79 Å². The van der Waals surface area contributed by atoms with Gasteiger partial charge in [0.15, 0.2) is 0 Å². The Hall–Kier alpha value is -0.570. The van der Waals surface area contributed by atoms with Crippen LogP contribution in [0.2, 0.25) is 0 Å². The summed E-state index contributed by atoms with van der Waals surface area (Å²) >= 11 is 0. The van der Waals surface area contributed by atoms with Gasteiger partial charge in [-0.3, -0.25) is 10.1 Å². The fourth-order valence-electron chi connectivity index (χ4n) is 2.50. The predicted octanol–water partition coefficient (Wildman–Crippen LogP) is 1.88. The lowest BCUT2D eigenvalue weighted by Gasteiger charge is -2.23. The van der Waals surface area contributed by atoms with E-state index in [1.165, 1.54) is 12.8 Å². The molecule has 1 saturated heterocycles. The van der Waals surface area contributed by atoms with Gasteiger partial charge in [0.25, 0.3) is 0 Å². The minimum atomic E-state index is 0.104. The van der Waals surface area contributed by atoms with E-state index in [-0.39, 0.29) is 6.04 Å². The molecular weight excluding hydrogens is 188 g/mol. The molecule has 1 amide bonds. The van der Waals surface area contributed by atoms with E-state index in [4.69, 9.17) is 0 Å². The fraction of sp³-hybridized carbons (Fsp3) is 0.917. The molecule has 0 aromatic rings. The van der Waals surface area contributed by atoms with E-state index in [1.807, 2.05) is 0 Å². The molecule has 2 fully saturated rings. The van der Waals surface area contributed by atoms with Crippen LogP contribution in [0.15, 0.2) is 0 Å². The minimum Gasteiger partial charge on any atom is -0.323 e. The highest BCUT2D eigenvalue weighted by Crippen LogP contribution is 2.33. The molecule has 2 unspecified atom stereocenters. The number of carbonyl (C=O) groups excluding carboxylic acids is 1. The smallest absolute Gasteiger partial charge is 0.241 e. The average molecular weight is 210 g/mol. The molecule has 1 aliphatic carbocycles. The van der Waals surface area contributed by atoms with Crippen molar-refractivity contribution in [3.63, 3.8) is 0 Å². The highest BCUT2D eigenvalue weighted by Gasteiger charge is 2.44. The van der Waals surface area contributed by atoms with Gasteiger partial charge in [-0.05, 0) is 25.7 Å². The first-order chi connectivity index (χ1) is 7.27. The molecule has 0 spiro atoms. The van der Waals surface area contributed by atoms with Crippen molar-refractivity contribution in [1.82, 2.24) is 10.2 Å². The standard InChI is InChI=1S/C12H22N2O/c1-3-5-10-12(15)14(9-7-8-9)11(13-10)6-4-2/h9-11,13H,3-8H2,1-2H3. The summed E-state index contributed by atoms with van der Waals surface area (Å²) in [6.45, 7) is 4.33. The van der Waals surface area contributed by atoms with Crippen LogP contribution in [-0.2, 0) is 4.79 Å². The van der Waals surface area contributed by atoms with Gasteiger partial charge in [0.2, 0.25) is 5.91 Å². The second-order valence-electron chi connectivity index (χ2n) is 4.79. The number of carbonyl (C=O) groups is 1. The largest absolute Gasteiger partial charge is 0.323 e. The first-order valence-corrected chi connectivity index (χ1v) is 6.36. The lowest BCUT2D eigenvalue weighted by Crippen LogP contribution is -2.38. The van der Waals surface area contributed by atoms with Crippen LogP contribution in [0.4, 0.5) is 0 Å². The summed E-state index contributed by atoms with van der Waals surface area (Å²) in [4.78, 5) is 14.3. The molecule has 1 aliphatic heterocycles. The molecule has 15 heavy (non-hydrogen) atoms. The van der Waals surface area contributed by atoms with E-state index < -0.39 is 0 Å². The highest BCUT2D eigenvalue weighted by molar-refractivity contribution is 5.84. The molecule has 3 nitrogen and oxygen atoms in total. The maximum absolute atomic E-state index is 12.1. The Balaban J connectivity index is 2.01. The van der Waals surface area contributed by atoms with Gasteiger partial charge in [-0.25, -0.2) is 0 Å². The van der Waals surface area contributed by atoms with Gasteiger partial charge in [-0.2, -0.15) is 0 Å². The zero-order valence-electron chi connectivity index (χ0n) is 9.83. The summed E-state index contributed by atoms with van der Waals surface area (Å²) in [6, 6.07) is 0.663. The Morgan fingerprint density at radius 1 is 1.27 bits per heavy atom. The number of nitrogens with one attached hydrogen (secondary N) is 1. The third-order valence-corrected chi connectivity index (χ3v) is 3.36. The van der Waals surface area contributed by atoms with Gasteiger partial charge in [-0.15, -0.1) is 0 Å². The second kappa shape index (κ2) is 4.52. The number of rotatable bonds is 5. The van der Waals surface area contributed by atoms with Crippen LogP contribution in [0.1, 0.15) is 52.4 Å². The van der Waals surface area contributed by atoms with Crippen LogP contribution in [0.25, 0.3) is 0 Å². The summed E-state index contributed by atoms with van der Waals surface area (Å²) in [5.41, 5.74) is 0. The van der Waals surface area contributed by atoms with Gasteiger partial charge in [-0.1, -0.05) is 26.7 Å². The van der Waals surface area contributed by atoms with Crippen LogP contribution in [0.5, 0.6) is 0 Å². The molecule has 0 aromatic carbocycles. The normalized spacial score (nSPS) is 31.3. The van der Waals surface area contributed by atoms with Gasteiger partial charge in [0, 0.05) is 6.04 Å². The fourth-order valence-corrected chi connectivity index (χ4v) is 2.50. The van der Waals surface area contributed by atoms with E-state index in [0.29, 0.717) is 18.1 Å². The highest BCUT2D eigenvalue weighted by atomic mass is 16.2. The van der Waals surface area contributed by atoms with E-state index in [1.54, 1.807) is 0 Å². The van der Waals surface area contributed by atoms with Crippen LogP contribution in [0, 0.1) is 0 Å². The van der Waals surface area contributed by atoms with Gasteiger partial charge in [0.1, 0.15) is 0 Å². The van der Waals surface area contributed by atoms with Crippen molar-refractivity contribution < 1.29 is 4.79 Å². The summed E-state index contributed by atoms with van der Waals surface area (Å²) in [5, 5.41) is 3.49. The van der Waals surface area contributed by atoms with Crippen LogP contribution in [-0.4, -0.2) is 29.1 Å². The quantitative estimate of drug-likeness (QED) is 0.751. The molecule has 1 N–H and O–H groups in total. The van der Waals surface area contributed by atoms with Gasteiger partial charge < -0.3 is 4.90 Å². The Bertz CT molecular complexity index is 238. The number of nitrogens with zero attached hydrogens (tertiary/aromatic N) is 1. The molecule has 86 valence electrons. The molecule has 1 heterocycles. The second-order valence-corrected chi connectivity index (χ2v) is 4.79. The first-order valence-electron chi connectivity index (χ1n) is 6.36. The molecule has 2 aliphatic rings. The summed E-state index contributed by atoms with van der Waals surface area (Å²) in [5.74, 6) is 0.359. The van der Waals surface area contributed by atoms with Crippen molar-refractivity contribution in [2.24, 2.45) is 0 Å². The molecule has 0 bridgehead atoms. The zero-order valence-corrected chi connectivity index (χ0v) is 9.83. The van der Waals surface area contributed by atoms with E-state index in [2.05, 4.69) is 24.1 Å². The SMILES string of the molecule is CCCC1NC(CCC)N(C2CC2)C1=O. The minimum absolute atomic E-state index is 0.104. The van der Waals surface area contributed by atoms with Gasteiger partial charge >= 0.3 is 0 Å². The van der Waals surface area contributed by atoms with Crippen molar-refractivity contribution in [3.05, 3.63) is 0 Å². The molecular formula is C12H22N2O. The molecule has 2 atom stereocenters. The predicted molar refractivity (Wildman–Crippen MR) is 60.4 cm³/mol. The molecule has 1 saturated carbocycles. The lowest BCUT2D eigenvalue weighted by molar-refractivity contribution is -0.130. The third kappa shape index (κ3) is 2.17. The van der Waals surface area contributed by atoms with Crippen LogP contribution < -0.4 is 5.32 Å². The first kappa shape index (κ1) is 10.9. The van der Waals surface area contributed by atoms with Crippen molar-refractivity contribution in [2.45, 2.75) is 70.6 Å². The Morgan fingerprint density at radius 3 is 2.47 bits per heavy atom. The summed E-state index contributed by atoms with van der Waals surface area (Å²) in [7, 11) is 0. The van der Waals surface area contributed by atoms with Gasteiger partial charge in [0.05, 0.1) is 12.2 Å². The van der Waals surface area contributed by atoms with Crippen molar-refractivity contribution in [2.75, 3.05) is 0 Å². The van der Waals surface area contributed by atoms with Crippen LogP contribution in [0.3, 0.4) is 0 Å². The topological polar surface area (TPSA) is 32.3 Å². The summed E-state index contributed by atoms with van der Waals surface area (Å²) in [6.07, 6.45) is 7.07. The third-order valence-electron chi connectivity index (χ3n) is 3.36. The molecule has 2 rings (SSSR count). The van der Waals surface area contributed by atoms with Crippen molar-refractivity contribution in [3.8, 4) is 0 Å². The molecule has 3 heteroatoms. The average Bonchev–Trinajstić information content (AvgIpc) is 2.98. The Labute approximate surface area is 92.2 Å². The van der Waals surface area contributed by atoms with Crippen molar-refractivity contribution in [1.29, 1.82) is 0 Å². The maximum Gasteiger partial charge on any atom is 0.241 e. The van der Waals surface area contributed by atoms with E-state index >= 15 is 0 Å². The zero-order chi connectivity index (χ0) is 10.8. The molecule has 0 aromatic heterocycles. The van der Waals surface area contributed by atoms with E-state index in [0.717, 1.165) is 25.7 Å². The Morgan fingerprint density at radius 2 is 1.93 bits per heavy atom.